The number of unbranched alkanes of at least 4 members (excludes halogenated alkanes) is 1. The van der Waals surface area contributed by atoms with Gasteiger partial charge in [0.1, 0.15) is 0 Å². The van der Waals surface area contributed by atoms with E-state index in [2.05, 4.69) is 27.4 Å². The molecule has 0 bridgehead atoms. The van der Waals surface area contributed by atoms with Crippen LogP contribution < -0.4 is 10.6 Å². The molecule has 1 aliphatic carbocycles. The van der Waals surface area contributed by atoms with E-state index in [1.165, 1.54) is 58.5 Å². The number of piperazine rings is 1. The first-order valence-electron chi connectivity index (χ1n) is 8.70. The van der Waals surface area contributed by atoms with Gasteiger partial charge in [0, 0.05) is 32.7 Å². The predicted molar refractivity (Wildman–Crippen MR) is 86.4 cm³/mol. The van der Waals surface area contributed by atoms with Crippen LogP contribution in [-0.2, 0) is 4.79 Å². The maximum absolute atomic E-state index is 11.6. The summed E-state index contributed by atoms with van der Waals surface area (Å²) in [4.78, 5) is 16.6. The largest absolute Gasteiger partial charge is 0.355 e. The highest BCUT2D eigenvalue weighted by atomic mass is 16.1. The van der Waals surface area contributed by atoms with Gasteiger partial charge in [-0.2, -0.15) is 0 Å². The van der Waals surface area contributed by atoms with Crippen molar-refractivity contribution < 1.29 is 4.79 Å². The summed E-state index contributed by atoms with van der Waals surface area (Å²) >= 11 is 0. The molecule has 21 heavy (non-hydrogen) atoms. The molecule has 2 fully saturated rings. The second kappa shape index (κ2) is 9.38. The molecule has 1 aliphatic heterocycles. The normalized spacial score (nSPS) is 20.6. The Labute approximate surface area is 129 Å². The van der Waals surface area contributed by atoms with Crippen molar-refractivity contribution in [2.45, 2.75) is 32.6 Å². The zero-order chi connectivity index (χ0) is 14.9. The standard InChI is InChI=1S/C16H32N4O/c1-2-19-9-11-20(12-10-19)8-4-3-7-18-16(21)14-17-13-15-5-6-15/h15,17H,2-14H2,1H3,(H,18,21). The Hall–Kier alpha value is -0.650. The van der Waals surface area contributed by atoms with Crippen LogP contribution >= 0.6 is 0 Å². The zero-order valence-electron chi connectivity index (χ0n) is 13.6. The van der Waals surface area contributed by atoms with Crippen molar-refractivity contribution in [3.05, 3.63) is 0 Å². The fraction of sp³-hybridized carbons (Fsp3) is 0.938. The Kier molecular flexibility index (Phi) is 7.47. The molecular weight excluding hydrogens is 264 g/mol. The lowest BCUT2D eigenvalue weighted by molar-refractivity contribution is -0.120. The maximum atomic E-state index is 11.6. The van der Waals surface area contributed by atoms with Crippen LogP contribution in [0.5, 0.6) is 0 Å². The lowest BCUT2D eigenvalue weighted by Crippen LogP contribution is -2.46. The molecule has 2 N–H and O–H groups in total. The molecule has 0 spiro atoms. The highest BCUT2D eigenvalue weighted by molar-refractivity contribution is 5.77. The molecule has 1 saturated carbocycles. The van der Waals surface area contributed by atoms with Crippen molar-refractivity contribution in [3.8, 4) is 0 Å². The molecule has 0 aromatic heterocycles. The van der Waals surface area contributed by atoms with E-state index in [4.69, 9.17) is 0 Å². The van der Waals surface area contributed by atoms with Gasteiger partial charge in [0.05, 0.1) is 6.54 Å². The van der Waals surface area contributed by atoms with Crippen molar-refractivity contribution in [2.75, 3.05) is 58.9 Å². The second-order valence-electron chi connectivity index (χ2n) is 6.41. The number of amides is 1. The van der Waals surface area contributed by atoms with Crippen molar-refractivity contribution in [1.29, 1.82) is 0 Å². The van der Waals surface area contributed by atoms with Crippen LogP contribution in [0.4, 0.5) is 0 Å². The summed E-state index contributed by atoms with van der Waals surface area (Å²) in [7, 11) is 0. The summed E-state index contributed by atoms with van der Waals surface area (Å²) in [6, 6.07) is 0. The van der Waals surface area contributed by atoms with E-state index in [1.54, 1.807) is 0 Å². The van der Waals surface area contributed by atoms with Gasteiger partial charge in [0.25, 0.3) is 0 Å². The molecule has 1 saturated heterocycles. The van der Waals surface area contributed by atoms with E-state index in [9.17, 15) is 4.79 Å². The molecule has 0 aromatic carbocycles. The van der Waals surface area contributed by atoms with E-state index < -0.39 is 0 Å². The summed E-state index contributed by atoms with van der Waals surface area (Å²) in [5.41, 5.74) is 0. The number of carbonyl (C=O) groups excluding carboxylic acids is 1. The van der Waals surface area contributed by atoms with Crippen LogP contribution in [0.3, 0.4) is 0 Å². The molecule has 5 heteroatoms. The fourth-order valence-corrected chi connectivity index (χ4v) is 2.79. The Balaban J connectivity index is 1.38. The van der Waals surface area contributed by atoms with E-state index >= 15 is 0 Å². The summed E-state index contributed by atoms with van der Waals surface area (Å²) in [6.07, 6.45) is 4.94. The number of nitrogens with one attached hydrogen (secondary N) is 2. The third kappa shape index (κ3) is 7.25. The van der Waals surface area contributed by atoms with Crippen LogP contribution in [0.2, 0.25) is 0 Å². The Morgan fingerprint density at radius 3 is 2.48 bits per heavy atom. The molecule has 0 atom stereocenters. The van der Waals surface area contributed by atoms with Gasteiger partial charge in [0.15, 0.2) is 0 Å². The average Bonchev–Trinajstić information content (AvgIpc) is 3.32. The van der Waals surface area contributed by atoms with Gasteiger partial charge in [-0.3, -0.25) is 4.79 Å². The Morgan fingerprint density at radius 1 is 1.10 bits per heavy atom. The number of hydrogen-bond acceptors (Lipinski definition) is 4. The first-order chi connectivity index (χ1) is 10.3. The minimum absolute atomic E-state index is 0.146. The first-order valence-corrected chi connectivity index (χ1v) is 8.70. The van der Waals surface area contributed by atoms with Crippen molar-refractivity contribution >= 4 is 5.91 Å². The average molecular weight is 296 g/mol. The number of rotatable bonds is 10. The third-order valence-corrected chi connectivity index (χ3v) is 4.55. The Bertz CT molecular complexity index is 299. The maximum Gasteiger partial charge on any atom is 0.233 e. The SMILES string of the molecule is CCN1CCN(CCCCNC(=O)CNCC2CC2)CC1. The summed E-state index contributed by atoms with van der Waals surface area (Å²) in [5.74, 6) is 0.984. The molecule has 2 rings (SSSR count). The monoisotopic (exact) mass is 296 g/mol. The van der Waals surface area contributed by atoms with Crippen molar-refractivity contribution in [2.24, 2.45) is 5.92 Å². The molecule has 0 radical (unpaired) electrons. The van der Waals surface area contributed by atoms with Crippen LogP contribution in [0, 0.1) is 5.92 Å². The summed E-state index contributed by atoms with van der Waals surface area (Å²) in [6.45, 7) is 11.7. The van der Waals surface area contributed by atoms with E-state index in [1.807, 2.05) is 0 Å². The second-order valence-corrected chi connectivity index (χ2v) is 6.41. The quantitative estimate of drug-likeness (QED) is 0.577. The van der Waals surface area contributed by atoms with Gasteiger partial charge in [-0.05, 0) is 51.2 Å². The van der Waals surface area contributed by atoms with Crippen molar-refractivity contribution in [1.82, 2.24) is 20.4 Å². The minimum Gasteiger partial charge on any atom is -0.355 e. The molecule has 1 amide bonds. The topological polar surface area (TPSA) is 47.6 Å². The predicted octanol–water partition coefficient (Wildman–Crippen LogP) is 0.520. The molecule has 2 aliphatic rings. The molecule has 122 valence electrons. The molecular formula is C16H32N4O. The molecule has 0 aromatic rings. The van der Waals surface area contributed by atoms with Crippen LogP contribution in [0.25, 0.3) is 0 Å². The van der Waals surface area contributed by atoms with Crippen LogP contribution in [-0.4, -0.2) is 74.6 Å². The fourth-order valence-electron chi connectivity index (χ4n) is 2.79. The van der Waals surface area contributed by atoms with Gasteiger partial charge >= 0.3 is 0 Å². The lowest BCUT2D eigenvalue weighted by atomic mass is 10.2. The number of hydrogen-bond donors (Lipinski definition) is 2. The number of nitrogens with zero attached hydrogens (tertiary/aromatic N) is 2. The number of likely N-dealkylation sites (N-methyl/N-ethyl adjacent to an activating group) is 1. The van der Waals surface area contributed by atoms with Gasteiger partial charge in [-0.25, -0.2) is 0 Å². The van der Waals surface area contributed by atoms with Gasteiger partial charge in [0.2, 0.25) is 5.91 Å². The van der Waals surface area contributed by atoms with E-state index in [-0.39, 0.29) is 5.91 Å². The van der Waals surface area contributed by atoms with Gasteiger partial charge in [-0.15, -0.1) is 0 Å². The first kappa shape index (κ1) is 16.7. The summed E-state index contributed by atoms with van der Waals surface area (Å²) < 4.78 is 0. The zero-order valence-corrected chi connectivity index (χ0v) is 13.6. The third-order valence-electron chi connectivity index (χ3n) is 4.55. The Morgan fingerprint density at radius 2 is 1.81 bits per heavy atom. The molecule has 1 heterocycles. The lowest BCUT2D eigenvalue weighted by Gasteiger charge is -2.33. The summed E-state index contributed by atoms with van der Waals surface area (Å²) in [5, 5.41) is 6.23. The highest BCUT2D eigenvalue weighted by Gasteiger charge is 2.20. The molecule has 5 nitrogen and oxygen atoms in total. The van der Waals surface area contributed by atoms with Crippen LogP contribution in [0.1, 0.15) is 32.6 Å². The smallest absolute Gasteiger partial charge is 0.233 e. The minimum atomic E-state index is 0.146. The van der Waals surface area contributed by atoms with Crippen LogP contribution in [0.15, 0.2) is 0 Å². The highest BCUT2D eigenvalue weighted by Crippen LogP contribution is 2.27. The van der Waals surface area contributed by atoms with E-state index in [0.717, 1.165) is 25.4 Å². The molecule has 0 unspecified atom stereocenters. The van der Waals surface area contributed by atoms with Crippen molar-refractivity contribution in [3.63, 3.8) is 0 Å². The van der Waals surface area contributed by atoms with E-state index in [0.29, 0.717) is 6.54 Å². The van der Waals surface area contributed by atoms with Gasteiger partial charge < -0.3 is 20.4 Å². The van der Waals surface area contributed by atoms with Gasteiger partial charge in [-0.1, -0.05) is 6.92 Å². The number of carbonyl (C=O) groups is 1.